The Balaban J connectivity index is 0.000000918. The summed E-state index contributed by atoms with van der Waals surface area (Å²) in [6.45, 7) is 15.6. The predicted octanol–water partition coefficient (Wildman–Crippen LogP) is 8.92. The monoisotopic (exact) mass is 887 g/mol. The van der Waals surface area contributed by atoms with Gasteiger partial charge in [0.05, 0.1) is 45.5 Å². The Morgan fingerprint density at radius 2 is 1.36 bits per heavy atom. The van der Waals surface area contributed by atoms with Crippen LogP contribution < -0.4 is 16.3 Å². The minimum absolute atomic E-state index is 0.00459. The van der Waals surface area contributed by atoms with Crippen molar-refractivity contribution in [1.29, 1.82) is 0 Å². The molecule has 1 saturated heterocycles. The maximum Gasteiger partial charge on any atom is 0.351 e. The van der Waals surface area contributed by atoms with Crippen LogP contribution in [-0.4, -0.2) is 94.5 Å². The van der Waals surface area contributed by atoms with Gasteiger partial charge in [0.25, 0.3) is 7.82 Å². The number of unbranched alkanes of at least 4 members (excludes halogenated alkanes) is 15. The van der Waals surface area contributed by atoms with Crippen LogP contribution in [0, 0.1) is 0 Å². The molecular weight excluding hydrogens is 799 g/mol. The van der Waals surface area contributed by atoms with E-state index in [9.17, 15) is 29.3 Å². The summed E-state index contributed by atoms with van der Waals surface area (Å²) in [5.41, 5.74) is 4.79. The van der Waals surface area contributed by atoms with E-state index in [4.69, 9.17) is 19.7 Å². The van der Waals surface area contributed by atoms with Crippen LogP contribution in [0.5, 0.6) is 0 Å². The first-order valence-corrected chi connectivity index (χ1v) is 25.4. The summed E-state index contributed by atoms with van der Waals surface area (Å²) in [7, 11) is -4.87. The van der Waals surface area contributed by atoms with Gasteiger partial charge in [-0.25, -0.2) is 4.79 Å². The molecule has 0 radical (unpaired) electrons. The van der Waals surface area contributed by atoms with Crippen LogP contribution in [0.3, 0.4) is 0 Å². The molecule has 1 aromatic rings. The molecule has 2 rings (SSSR count). The molecule has 61 heavy (non-hydrogen) atoms. The number of quaternary nitrogens is 1. The number of nitrogens with two attached hydrogens (primary N) is 1. The van der Waals surface area contributed by atoms with E-state index in [2.05, 4.69) is 56.3 Å². The number of anilines is 1. The molecule has 0 saturated carbocycles. The highest BCUT2D eigenvalue weighted by atomic mass is 31.2. The van der Waals surface area contributed by atoms with E-state index in [-0.39, 0.29) is 18.7 Å². The number of ether oxygens (including phenoxy) is 2. The van der Waals surface area contributed by atoms with Crippen LogP contribution >= 0.6 is 7.82 Å². The third kappa shape index (κ3) is 27.6. The first-order valence-electron chi connectivity index (χ1n) is 24.0. The van der Waals surface area contributed by atoms with Crippen LogP contribution in [-0.2, 0) is 27.9 Å². The van der Waals surface area contributed by atoms with Gasteiger partial charge in [0.2, 0.25) is 0 Å². The zero-order chi connectivity index (χ0) is 45.2. The molecule has 15 heteroatoms. The molecule has 4 N–H and O–H groups in total. The van der Waals surface area contributed by atoms with E-state index < -0.39 is 63.8 Å². The number of phosphoric ester groups is 1. The molecule has 1 aliphatic rings. The number of carbonyl (C=O) groups excluding carboxylic acids is 1. The number of hydrogen-bond acceptors (Lipinski definition) is 12. The van der Waals surface area contributed by atoms with Gasteiger partial charge in [-0.05, 0) is 63.9 Å². The van der Waals surface area contributed by atoms with Crippen molar-refractivity contribution in [3.63, 3.8) is 0 Å². The fourth-order valence-corrected chi connectivity index (χ4v) is 8.11. The Bertz CT molecular complexity index is 1340. The molecule has 1 aromatic heterocycles. The van der Waals surface area contributed by atoms with E-state index in [1.54, 1.807) is 0 Å². The summed E-state index contributed by atoms with van der Waals surface area (Å²) >= 11 is 0. The Hall–Kier alpha value is -2.16. The standard InChI is InChI=1S/C30H52N3O10P.C16H36N/c1-2-3-4-5-6-7-8-9-10-11-12-13-14-15-16-17-29(36)40-21-24(34)22-41-44(38,39)42-23-26-25(35)20-28(43-26)33-19-18-27(31)32-30(33)37;1-5-9-13-17(14-10-6-2,15-11-7-3)16-12-8-4/h9-10,18-19,24-26,28,34-35H,2-8,11-17,20-23H2,1H3,(H,38,39)(H2,31,32,37);5-16H2,1-4H3/q;+1/p-1/b10-9+;/t24-,25+,26-,28-;/m1./s1. The van der Waals surface area contributed by atoms with Crippen molar-refractivity contribution in [2.45, 2.75) is 207 Å². The van der Waals surface area contributed by atoms with Gasteiger partial charge < -0.3 is 43.8 Å². The number of rotatable bonds is 36. The van der Waals surface area contributed by atoms with Crippen molar-refractivity contribution < 1.29 is 47.5 Å². The number of phosphoric acid groups is 1. The first-order chi connectivity index (χ1) is 29.4. The molecule has 1 fully saturated rings. The zero-order valence-corrected chi connectivity index (χ0v) is 39.8. The van der Waals surface area contributed by atoms with Crippen LogP contribution in [0.2, 0.25) is 0 Å². The Labute approximate surface area is 369 Å². The highest BCUT2D eigenvalue weighted by molar-refractivity contribution is 7.45. The van der Waals surface area contributed by atoms with Crippen molar-refractivity contribution in [2.24, 2.45) is 0 Å². The van der Waals surface area contributed by atoms with Gasteiger partial charge in [0.1, 0.15) is 30.9 Å². The lowest BCUT2D eigenvalue weighted by molar-refractivity contribution is -0.929. The number of allylic oxidation sites excluding steroid dienone is 2. The molecule has 1 unspecified atom stereocenters. The molecule has 0 aromatic carbocycles. The van der Waals surface area contributed by atoms with Gasteiger partial charge in [-0.3, -0.25) is 13.9 Å². The van der Waals surface area contributed by atoms with E-state index in [1.807, 2.05) is 0 Å². The maximum atomic E-state index is 12.1. The highest BCUT2D eigenvalue weighted by Gasteiger charge is 2.36. The number of nitrogens with zero attached hydrogens (tertiary/aromatic N) is 3. The second-order valence-electron chi connectivity index (χ2n) is 16.8. The minimum atomic E-state index is -4.87. The van der Waals surface area contributed by atoms with Gasteiger partial charge in [0, 0.05) is 19.0 Å². The number of hydrogen-bond donors (Lipinski definition) is 3. The SMILES string of the molecule is CCCCCCCC/C=C/CCCCCCCC(=O)OC[C@@H](O)COP(=O)([O-])OC[C@H]1O[C@@H](n2ccc(N)nc2=O)C[C@@H]1O.CCCC[N+](CCCC)(CCCC)CCCC. The topological polar surface area (TPSA) is 195 Å². The molecule has 14 nitrogen and oxygen atoms in total. The summed E-state index contributed by atoms with van der Waals surface area (Å²) in [6, 6.07) is 1.39. The van der Waals surface area contributed by atoms with Crippen molar-refractivity contribution in [2.75, 3.05) is 51.7 Å². The molecule has 0 spiro atoms. The van der Waals surface area contributed by atoms with Crippen LogP contribution in [0.25, 0.3) is 0 Å². The Morgan fingerprint density at radius 1 is 0.852 bits per heavy atom. The predicted molar refractivity (Wildman–Crippen MR) is 243 cm³/mol. The third-order valence-corrected chi connectivity index (χ3v) is 12.1. The molecule has 0 bridgehead atoms. The number of esters is 1. The number of aliphatic hydroxyl groups is 2. The molecule has 356 valence electrons. The quantitative estimate of drug-likeness (QED) is 0.0191. The van der Waals surface area contributed by atoms with Crippen molar-refractivity contribution in [1.82, 2.24) is 9.55 Å². The summed E-state index contributed by atoms with van der Waals surface area (Å²) in [6.07, 6.45) is 27.8. The summed E-state index contributed by atoms with van der Waals surface area (Å²) in [4.78, 5) is 39.6. The van der Waals surface area contributed by atoms with Crippen molar-refractivity contribution in [3.8, 4) is 0 Å². The zero-order valence-electron chi connectivity index (χ0n) is 38.9. The lowest BCUT2D eigenvalue weighted by Crippen LogP contribution is -2.50. The van der Waals surface area contributed by atoms with Crippen molar-refractivity contribution in [3.05, 3.63) is 34.9 Å². The number of nitrogen functional groups attached to an aromatic ring is 1. The molecule has 1 aliphatic heterocycles. The molecule has 0 amide bonds. The molecule has 2 heterocycles. The summed E-state index contributed by atoms with van der Waals surface area (Å²) < 4.78 is 34.6. The van der Waals surface area contributed by atoms with Crippen LogP contribution in [0.4, 0.5) is 5.82 Å². The largest absolute Gasteiger partial charge is 0.756 e. The van der Waals surface area contributed by atoms with Gasteiger partial charge >= 0.3 is 11.7 Å². The van der Waals surface area contributed by atoms with E-state index in [0.717, 1.165) is 43.1 Å². The average molecular weight is 887 g/mol. The second kappa shape index (κ2) is 35.2. The highest BCUT2D eigenvalue weighted by Crippen LogP contribution is 2.40. The van der Waals surface area contributed by atoms with Gasteiger partial charge in [-0.15, -0.1) is 0 Å². The summed E-state index contributed by atoms with van der Waals surface area (Å²) in [5.74, 6) is -0.440. The first kappa shape index (κ1) is 56.9. The summed E-state index contributed by atoms with van der Waals surface area (Å²) in [5, 5.41) is 20.2. The lowest BCUT2D eigenvalue weighted by Gasteiger charge is -2.39. The fraction of sp³-hybridized carbons (Fsp3) is 0.848. The molecule has 0 aliphatic carbocycles. The molecule has 5 atom stereocenters. The van der Waals surface area contributed by atoms with Gasteiger partial charge in [-0.1, -0.05) is 124 Å². The van der Waals surface area contributed by atoms with Crippen LogP contribution in [0.1, 0.15) is 189 Å². The van der Waals surface area contributed by atoms with Crippen LogP contribution in [0.15, 0.2) is 29.2 Å². The Morgan fingerprint density at radius 3 is 1.89 bits per heavy atom. The second-order valence-corrected chi connectivity index (χ2v) is 18.2. The van der Waals surface area contributed by atoms with Gasteiger partial charge in [-0.2, -0.15) is 4.98 Å². The van der Waals surface area contributed by atoms with E-state index in [1.165, 1.54) is 133 Å². The lowest BCUT2D eigenvalue weighted by atomic mass is 10.1. The average Bonchev–Trinajstić information content (AvgIpc) is 3.62. The smallest absolute Gasteiger partial charge is 0.351 e. The number of carbonyl (C=O) groups is 1. The normalized spacial score (nSPS) is 18.2. The van der Waals surface area contributed by atoms with E-state index >= 15 is 0 Å². The number of aromatic nitrogens is 2. The molecular formula is C46H87N4O10P. The van der Waals surface area contributed by atoms with E-state index in [0.29, 0.717) is 6.42 Å². The maximum absolute atomic E-state index is 12.1. The fourth-order valence-electron chi connectivity index (χ4n) is 7.35. The minimum Gasteiger partial charge on any atom is -0.756 e. The third-order valence-electron chi connectivity index (χ3n) is 11.2. The number of aliphatic hydroxyl groups excluding tert-OH is 2. The Kier molecular flexibility index (Phi) is 32.8. The van der Waals surface area contributed by atoms with Crippen molar-refractivity contribution >= 4 is 19.6 Å². The van der Waals surface area contributed by atoms with Gasteiger partial charge in [0.15, 0.2) is 0 Å².